The highest BCUT2D eigenvalue weighted by Gasteiger charge is 2.21. The summed E-state index contributed by atoms with van der Waals surface area (Å²) < 4.78 is 25.6. The maximum Gasteiger partial charge on any atom is 0.273 e. The molecule has 5 nitrogen and oxygen atoms in total. The number of thiazole rings is 1. The molecule has 1 amide bonds. The first-order chi connectivity index (χ1) is 14.6. The van der Waals surface area contributed by atoms with Crippen LogP contribution in [-0.2, 0) is 6.61 Å². The second kappa shape index (κ2) is 9.49. The molecule has 1 fully saturated rings. The predicted molar refractivity (Wildman–Crippen MR) is 118 cm³/mol. The number of amides is 1. The van der Waals surface area contributed by atoms with Gasteiger partial charge < -0.3 is 14.4 Å². The normalized spacial score (nSPS) is 13.9. The average Bonchev–Trinajstić information content (AvgIpc) is 3.28. The van der Waals surface area contributed by atoms with E-state index < -0.39 is 5.82 Å². The highest BCUT2D eigenvalue weighted by atomic mass is 32.2. The first kappa shape index (κ1) is 20.7. The summed E-state index contributed by atoms with van der Waals surface area (Å²) in [5, 5.41) is 2.19. The molecular weight excluding hydrogens is 423 g/mol. The second-order valence-corrected chi connectivity index (χ2v) is 8.81. The highest BCUT2D eigenvalue weighted by molar-refractivity contribution is 7.99. The quantitative estimate of drug-likeness (QED) is 0.550. The van der Waals surface area contributed by atoms with Crippen LogP contribution in [0.5, 0.6) is 11.5 Å². The molecule has 3 aromatic rings. The third kappa shape index (κ3) is 4.76. The Bertz CT molecular complexity index is 1030. The van der Waals surface area contributed by atoms with E-state index in [1.165, 1.54) is 17.4 Å². The lowest BCUT2D eigenvalue weighted by Crippen LogP contribution is -2.38. The Hall–Kier alpha value is -2.58. The van der Waals surface area contributed by atoms with Crippen molar-refractivity contribution in [2.24, 2.45) is 0 Å². The Morgan fingerprint density at radius 3 is 2.77 bits per heavy atom. The zero-order valence-electron chi connectivity index (χ0n) is 16.5. The van der Waals surface area contributed by atoms with Gasteiger partial charge >= 0.3 is 0 Å². The van der Waals surface area contributed by atoms with Gasteiger partial charge in [-0.15, -0.1) is 11.3 Å². The van der Waals surface area contributed by atoms with Gasteiger partial charge in [0.1, 0.15) is 34.6 Å². The van der Waals surface area contributed by atoms with Gasteiger partial charge in [0.05, 0.1) is 7.11 Å². The van der Waals surface area contributed by atoms with Crippen molar-refractivity contribution in [1.29, 1.82) is 0 Å². The van der Waals surface area contributed by atoms with Gasteiger partial charge in [0.25, 0.3) is 5.91 Å². The molecule has 8 heteroatoms. The lowest BCUT2D eigenvalue weighted by atomic mass is 10.2. The summed E-state index contributed by atoms with van der Waals surface area (Å²) in [6.45, 7) is 1.76. The van der Waals surface area contributed by atoms with Crippen LogP contribution in [0.1, 0.15) is 16.1 Å². The summed E-state index contributed by atoms with van der Waals surface area (Å²) >= 11 is 3.11. The maximum absolute atomic E-state index is 14.7. The van der Waals surface area contributed by atoms with Gasteiger partial charge in [0.2, 0.25) is 0 Å². The third-order valence-corrected chi connectivity index (χ3v) is 6.55. The first-order valence-electron chi connectivity index (χ1n) is 9.52. The third-order valence-electron chi connectivity index (χ3n) is 4.73. The molecule has 1 aliphatic heterocycles. The number of methoxy groups -OCH3 is 1. The zero-order chi connectivity index (χ0) is 20.9. The van der Waals surface area contributed by atoms with Gasteiger partial charge in [-0.1, -0.05) is 12.1 Å². The number of carbonyl (C=O) groups is 1. The zero-order valence-corrected chi connectivity index (χ0v) is 18.1. The van der Waals surface area contributed by atoms with E-state index in [1.54, 1.807) is 29.5 Å². The summed E-state index contributed by atoms with van der Waals surface area (Å²) in [5.74, 6) is 2.54. The maximum atomic E-state index is 14.7. The topological polar surface area (TPSA) is 51.7 Å². The van der Waals surface area contributed by atoms with Gasteiger partial charge in [-0.3, -0.25) is 4.79 Å². The molecule has 0 radical (unpaired) electrons. The fourth-order valence-electron chi connectivity index (χ4n) is 3.11. The SMILES string of the molecule is COc1cccc(COc2ccc(-c3nc(C(=O)N4CCSCC4)cs3)c(F)c2)c1. The van der Waals surface area contributed by atoms with Gasteiger partial charge in [-0.2, -0.15) is 11.8 Å². The van der Waals surface area contributed by atoms with Gasteiger partial charge in [-0.25, -0.2) is 9.37 Å². The number of nitrogens with zero attached hydrogens (tertiary/aromatic N) is 2. The molecule has 30 heavy (non-hydrogen) atoms. The largest absolute Gasteiger partial charge is 0.497 e. The van der Waals surface area contributed by atoms with E-state index in [1.807, 2.05) is 36.0 Å². The number of hydrogen-bond donors (Lipinski definition) is 0. The van der Waals surface area contributed by atoms with E-state index in [0.29, 0.717) is 28.6 Å². The number of aromatic nitrogens is 1. The molecule has 0 spiro atoms. The molecule has 0 saturated carbocycles. The molecule has 0 aliphatic carbocycles. The smallest absolute Gasteiger partial charge is 0.273 e. The molecule has 1 aliphatic rings. The van der Waals surface area contributed by atoms with E-state index in [9.17, 15) is 9.18 Å². The lowest BCUT2D eigenvalue weighted by Gasteiger charge is -2.25. The Labute approximate surface area is 182 Å². The Kier molecular flexibility index (Phi) is 6.54. The molecule has 1 saturated heterocycles. The van der Waals surface area contributed by atoms with Crippen molar-refractivity contribution in [1.82, 2.24) is 9.88 Å². The molecule has 0 atom stereocenters. The molecule has 156 valence electrons. The Morgan fingerprint density at radius 2 is 2.00 bits per heavy atom. The summed E-state index contributed by atoms with van der Waals surface area (Å²) in [6, 6.07) is 12.2. The van der Waals surface area contributed by atoms with Crippen molar-refractivity contribution in [3.05, 3.63) is 64.9 Å². The van der Waals surface area contributed by atoms with Crippen molar-refractivity contribution in [2.45, 2.75) is 6.61 Å². The van der Waals surface area contributed by atoms with Crippen LogP contribution in [0.3, 0.4) is 0 Å². The Balaban J connectivity index is 1.44. The minimum Gasteiger partial charge on any atom is -0.497 e. The lowest BCUT2D eigenvalue weighted by molar-refractivity contribution is 0.0767. The Morgan fingerprint density at radius 1 is 1.17 bits per heavy atom. The standard InChI is InChI=1S/C22H21FN2O3S2/c1-27-16-4-2-3-15(11-16)13-28-17-5-6-18(19(23)12-17)21-24-20(14-30-21)22(26)25-7-9-29-10-8-25/h2-6,11-12,14H,7-10,13H2,1H3. The number of hydrogen-bond acceptors (Lipinski definition) is 6. The van der Waals surface area contributed by atoms with Gasteiger partial charge in [0.15, 0.2) is 0 Å². The van der Waals surface area contributed by atoms with E-state index >= 15 is 0 Å². The monoisotopic (exact) mass is 444 g/mol. The molecule has 2 heterocycles. The average molecular weight is 445 g/mol. The van der Waals surface area contributed by atoms with E-state index in [0.717, 1.165) is 35.9 Å². The minimum atomic E-state index is -0.430. The van der Waals surface area contributed by atoms with Gasteiger partial charge in [0, 0.05) is 41.6 Å². The van der Waals surface area contributed by atoms with Crippen molar-refractivity contribution in [3.63, 3.8) is 0 Å². The number of halogens is 1. The summed E-state index contributed by atoms with van der Waals surface area (Å²) in [4.78, 5) is 18.8. The van der Waals surface area contributed by atoms with E-state index in [4.69, 9.17) is 9.47 Å². The minimum absolute atomic E-state index is 0.0866. The highest BCUT2D eigenvalue weighted by Crippen LogP contribution is 2.30. The molecule has 1 aromatic heterocycles. The van der Waals surface area contributed by atoms with Crippen molar-refractivity contribution < 1.29 is 18.7 Å². The summed E-state index contributed by atoms with van der Waals surface area (Å²) in [5.41, 5.74) is 1.67. The molecule has 0 unspecified atom stereocenters. The molecule has 4 rings (SSSR count). The van der Waals surface area contributed by atoms with Crippen molar-refractivity contribution >= 4 is 29.0 Å². The second-order valence-electron chi connectivity index (χ2n) is 6.72. The van der Waals surface area contributed by atoms with Crippen LogP contribution >= 0.6 is 23.1 Å². The van der Waals surface area contributed by atoms with Crippen LogP contribution in [0.15, 0.2) is 47.8 Å². The molecule has 0 bridgehead atoms. The van der Waals surface area contributed by atoms with E-state index in [2.05, 4.69) is 4.98 Å². The number of rotatable bonds is 6. The summed E-state index contributed by atoms with van der Waals surface area (Å²) in [7, 11) is 1.61. The van der Waals surface area contributed by atoms with Crippen molar-refractivity contribution in [3.8, 4) is 22.1 Å². The predicted octanol–water partition coefficient (Wildman–Crippen LogP) is 4.73. The fourth-order valence-corrected chi connectivity index (χ4v) is 4.84. The van der Waals surface area contributed by atoms with Crippen LogP contribution in [0, 0.1) is 5.82 Å². The fraction of sp³-hybridized carbons (Fsp3) is 0.273. The van der Waals surface area contributed by atoms with Crippen LogP contribution in [0.4, 0.5) is 4.39 Å². The molecule has 0 N–H and O–H groups in total. The van der Waals surface area contributed by atoms with Crippen molar-refractivity contribution in [2.75, 3.05) is 31.7 Å². The summed E-state index contributed by atoms with van der Waals surface area (Å²) in [6.07, 6.45) is 0. The van der Waals surface area contributed by atoms with E-state index in [-0.39, 0.29) is 5.91 Å². The first-order valence-corrected chi connectivity index (χ1v) is 11.6. The molecular formula is C22H21FN2O3S2. The van der Waals surface area contributed by atoms with Crippen LogP contribution in [0.2, 0.25) is 0 Å². The number of carbonyl (C=O) groups excluding carboxylic acids is 1. The van der Waals surface area contributed by atoms with Gasteiger partial charge in [-0.05, 0) is 29.8 Å². The van der Waals surface area contributed by atoms with Crippen LogP contribution in [-0.4, -0.2) is 47.5 Å². The number of thioether (sulfide) groups is 1. The number of ether oxygens (including phenoxy) is 2. The number of benzene rings is 2. The van der Waals surface area contributed by atoms with Crippen LogP contribution in [0.25, 0.3) is 10.6 Å². The molecule has 2 aromatic carbocycles. The van der Waals surface area contributed by atoms with Crippen LogP contribution < -0.4 is 9.47 Å².